The van der Waals surface area contributed by atoms with E-state index in [2.05, 4.69) is 10.1 Å². The van der Waals surface area contributed by atoms with Gasteiger partial charge in [-0.15, -0.1) is 0 Å². The molecule has 0 bridgehead atoms. The molecule has 1 aromatic heterocycles. The van der Waals surface area contributed by atoms with Gasteiger partial charge in [0, 0.05) is 0 Å². The Labute approximate surface area is 197 Å². The Morgan fingerprint density at radius 2 is 2.00 bits per heavy atom. The lowest BCUT2D eigenvalue weighted by Gasteiger charge is -2.20. The average molecular weight is 476 g/mol. The molecule has 0 saturated heterocycles. The molecule has 0 fully saturated rings. The van der Waals surface area contributed by atoms with Crippen LogP contribution in [0.5, 0.6) is 11.5 Å². The number of methoxy groups -OCH3 is 1. The largest absolute Gasteiger partial charge is 0.493 e. The molecule has 0 radical (unpaired) electrons. The second-order valence-electron chi connectivity index (χ2n) is 7.23. The number of nitrogens with zero attached hydrogens (tertiary/aromatic N) is 3. The van der Waals surface area contributed by atoms with Crippen molar-refractivity contribution in [1.82, 2.24) is 5.01 Å². The van der Waals surface area contributed by atoms with Crippen LogP contribution in [0.2, 0.25) is 0 Å². The van der Waals surface area contributed by atoms with Gasteiger partial charge in [-0.3, -0.25) is 10.2 Å². The normalized spacial score (nSPS) is 16.4. The Bertz CT molecular complexity index is 1360. The summed E-state index contributed by atoms with van der Waals surface area (Å²) in [5, 5.41) is 15.0. The number of nitrogens with one attached hydrogen (secondary N) is 1. The van der Waals surface area contributed by atoms with Gasteiger partial charge in [0.1, 0.15) is 12.4 Å². The summed E-state index contributed by atoms with van der Waals surface area (Å²) in [4.78, 5) is 16.7. The van der Waals surface area contributed by atoms with Crippen molar-refractivity contribution in [3.05, 3.63) is 89.1 Å². The van der Waals surface area contributed by atoms with Gasteiger partial charge in [-0.2, -0.15) is 15.1 Å². The number of rotatable bonds is 6. The third-order valence-electron chi connectivity index (χ3n) is 4.99. The Hall–Kier alpha value is -4.18. The smallest absolute Gasteiger partial charge is 0.283 e. The van der Waals surface area contributed by atoms with Crippen molar-refractivity contribution in [1.29, 1.82) is 5.41 Å². The number of hydrogen-bond donors (Lipinski definition) is 1. The lowest BCUT2D eigenvalue weighted by atomic mass is 10.1. The van der Waals surface area contributed by atoms with Crippen LogP contribution in [0.25, 0.3) is 6.08 Å². The first-order valence-corrected chi connectivity index (χ1v) is 10.9. The predicted octanol–water partition coefficient (Wildman–Crippen LogP) is 4.67. The fourth-order valence-electron chi connectivity index (χ4n) is 3.29. The van der Waals surface area contributed by atoms with Crippen molar-refractivity contribution in [3.8, 4) is 11.5 Å². The molecule has 0 aliphatic carbocycles. The number of fused-ring (bicyclic) bond motifs is 1. The van der Waals surface area contributed by atoms with E-state index in [-0.39, 0.29) is 23.8 Å². The monoisotopic (exact) mass is 476 g/mol. The molecule has 0 unspecified atom stereocenters. The first kappa shape index (κ1) is 21.7. The molecule has 2 aliphatic heterocycles. The van der Waals surface area contributed by atoms with Crippen LogP contribution in [0.4, 0.5) is 4.39 Å². The van der Waals surface area contributed by atoms with Crippen molar-refractivity contribution in [3.63, 3.8) is 0 Å². The minimum Gasteiger partial charge on any atom is -0.493 e. The van der Waals surface area contributed by atoms with Crippen LogP contribution in [-0.4, -0.2) is 34.1 Å². The number of amidine groups is 2. The number of hydrogen-bond acceptors (Lipinski definition) is 7. The van der Waals surface area contributed by atoms with Crippen LogP contribution in [0.3, 0.4) is 0 Å². The molecule has 2 aromatic carbocycles. The van der Waals surface area contributed by atoms with E-state index in [1.54, 1.807) is 48.5 Å². The number of furan rings is 1. The molecule has 3 aromatic rings. The number of thioether (sulfide) groups is 1. The molecule has 0 atom stereocenters. The minimum absolute atomic E-state index is 0.0836. The van der Waals surface area contributed by atoms with Crippen LogP contribution in [0, 0.1) is 11.2 Å². The van der Waals surface area contributed by atoms with E-state index < -0.39 is 5.91 Å². The average Bonchev–Trinajstić information content (AvgIpc) is 3.52. The number of aliphatic imine (C=N–C) groups is 1. The minimum atomic E-state index is -0.532. The summed E-state index contributed by atoms with van der Waals surface area (Å²) in [6.45, 7) is 0.236. The van der Waals surface area contributed by atoms with Crippen LogP contribution >= 0.6 is 11.8 Å². The summed E-state index contributed by atoms with van der Waals surface area (Å²) < 4.78 is 29.7. The quantitative estimate of drug-likeness (QED) is 0.519. The van der Waals surface area contributed by atoms with Gasteiger partial charge in [0.15, 0.2) is 28.1 Å². The summed E-state index contributed by atoms with van der Waals surface area (Å²) in [5.74, 6) is 0.547. The van der Waals surface area contributed by atoms with Gasteiger partial charge in [-0.1, -0.05) is 18.2 Å². The molecule has 10 heteroatoms. The molecule has 34 heavy (non-hydrogen) atoms. The maximum absolute atomic E-state index is 13.1. The molecule has 0 saturated carbocycles. The van der Waals surface area contributed by atoms with Crippen LogP contribution in [0.15, 0.2) is 80.9 Å². The molecule has 3 heterocycles. The number of amides is 1. The molecule has 8 nitrogen and oxygen atoms in total. The number of ether oxygens (including phenoxy) is 2. The van der Waals surface area contributed by atoms with E-state index >= 15 is 0 Å². The summed E-state index contributed by atoms with van der Waals surface area (Å²) in [6.07, 6.45) is 3.09. The van der Waals surface area contributed by atoms with E-state index in [9.17, 15) is 9.18 Å². The van der Waals surface area contributed by atoms with E-state index in [0.29, 0.717) is 33.0 Å². The first-order chi connectivity index (χ1) is 16.5. The van der Waals surface area contributed by atoms with Crippen LogP contribution in [0.1, 0.15) is 16.9 Å². The number of carbonyl (C=O) groups is 1. The lowest BCUT2D eigenvalue weighted by Crippen LogP contribution is -2.35. The van der Waals surface area contributed by atoms with Crippen molar-refractivity contribution in [2.24, 2.45) is 10.1 Å². The summed E-state index contributed by atoms with van der Waals surface area (Å²) in [7, 11) is 1.51. The van der Waals surface area contributed by atoms with E-state index in [1.807, 2.05) is 0 Å². The molecule has 2 aliphatic rings. The highest BCUT2D eigenvalue weighted by Crippen LogP contribution is 2.33. The van der Waals surface area contributed by atoms with Gasteiger partial charge in [-0.25, -0.2) is 4.39 Å². The van der Waals surface area contributed by atoms with E-state index in [1.165, 1.54) is 42.3 Å². The Kier molecular flexibility index (Phi) is 5.72. The summed E-state index contributed by atoms with van der Waals surface area (Å²) >= 11 is 1.17. The fraction of sp³-hybridized carbons (Fsp3) is 0.0833. The number of halogens is 1. The SMILES string of the molecule is COc1cc(/C=C2/C(=N)N3N=C(c4ccco4)SC3=NC2=O)ccc1OCc1ccc(F)cc1. The standard InChI is InChI=1S/C24H17FN4O4S/c1-31-20-12-15(6-9-18(20)33-13-14-4-7-16(25)8-5-14)11-17-21(26)29-24(27-22(17)30)34-23(28-29)19-3-2-10-32-19/h2-12,26H,13H2,1H3/b17-11-,26-21?. The lowest BCUT2D eigenvalue weighted by molar-refractivity contribution is -0.114. The number of hydrazone groups is 1. The molecule has 5 rings (SSSR count). The van der Waals surface area contributed by atoms with Crippen molar-refractivity contribution in [2.45, 2.75) is 6.61 Å². The Morgan fingerprint density at radius 3 is 2.74 bits per heavy atom. The third kappa shape index (κ3) is 4.23. The molecule has 1 amide bonds. The molecule has 0 spiro atoms. The summed E-state index contributed by atoms with van der Waals surface area (Å²) in [6, 6.07) is 14.7. The van der Waals surface area contributed by atoms with Gasteiger partial charge in [0.05, 0.1) is 18.9 Å². The number of benzene rings is 2. The van der Waals surface area contributed by atoms with Crippen LogP contribution < -0.4 is 9.47 Å². The van der Waals surface area contributed by atoms with Gasteiger partial charge in [0.25, 0.3) is 5.91 Å². The van der Waals surface area contributed by atoms with Gasteiger partial charge >= 0.3 is 0 Å². The van der Waals surface area contributed by atoms with Crippen molar-refractivity contribution < 1.29 is 23.1 Å². The molecule has 1 N–H and O–H groups in total. The molecular formula is C24H17FN4O4S. The van der Waals surface area contributed by atoms with Crippen molar-refractivity contribution >= 4 is 39.8 Å². The van der Waals surface area contributed by atoms with Crippen LogP contribution in [-0.2, 0) is 11.4 Å². The fourth-order valence-corrected chi connectivity index (χ4v) is 4.15. The maximum Gasteiger partial charge on any atom is 0.283 e. The highest BCUT2D eigenvalue weighted by Gasteiger charge is 2.36. The van der Waals surface area contributed by atoms with E-state index in [4.69, 9.17) is 19.3 Å². The highest BCUT2D eigenvalue weighted by atomic mass is 32.2. The third-order valence-corrected chi connectivity index (χ3v) is 5.92. The first-order valence-electron chi connectivity index (χ1n) is 10.1. The second-order valence-corrected chi connectivity index (χ2v) is 8.18. The topological polar surface area (TPSA) is 100 Å². The molecule has 170 valence electrons. The maximum atomic E-state index is 13.1. The predicted molar refractivity (Wildman–Crippen MR) is 127 cm³/mol. The second kappa shape index (κ2) is 8.99. The van der Waals surface area contributed by atoms with E-state index in [0.717, 1.165) is 5.56 Å². The van der Waals surface area contributed by atoms with Crippen molar-refractivity contribution in [2.75, 3.05) is 7.11 Å². The zero-order valence-corrected chi connectivity index (χ0v) is 18.6. The number of carbonyl (C=O) groups excluding carboxylic acids is 1. The molecular weight excluding hydrogens is 459 g/mol. The zero-order chi connectivity index (χ0) is 23.7. The highest BCUT2D eigenvalue weighted by molar-refractivity contribution is 8.27. The van der Waals surface area contributed by atoms with Gasteiger partial charge in [0.2, 0.25) is 5.17 Å². The summed E-state index contributed by atoms with van der Waals surface area (Å²) in [5.41, 5.74) is 1.53. The van der Waals surface area contributed by atoms with Gasteiger partial charge in [-0.05, 0) is 65.4 Å². The zero-order valence-electron chi connectivity index (χ0n) is 17.8. The Balaban J connectivity index is 1.37. The van der Waals surface area contributed by atoms with Gasteiger partial charge < -0.3 is 13.9 Å². The Morgan fingerprint density at radius 1 is 1.18 bits per heavy atom.